The van der Waals surface area contributed by atoms with Crippen molar-refractivity contribution in [3.8, 4) is 5.88 Å². The highest BCUT2D eigenvalue weighted by Gasteiger charge is 2.44. The number of carboxylic acid groups (broad SMARTS) is 1. The predicted molar refractivity (Wildman–Crippen MR) is 104 cm³/mol. The van der Waals surface area contributed by atoms with E-state index in [-0.39, 0.29) is 17.6 Å². The summed E-state index contributed by atoms with van der Waals surface area (Å²) in [4.78, 5) is 19.7. The van der Waals surface area contributed by atoms with Crippen LogP contribution in [0.3, 0.4) is 0 Å². The molecule has 7 nitrogen and oxygen atoms in total. The summed E-state index contributed by atoms with van der Waals surface area (Å²) < 4.78 is 57.4. The molecule has 0 saturated carbocycles. The van der Waals surface area contributed by atoms with Gasteiger partial charge in [-0.3, -0.25) is 9.88 Å². The Morgan fingerprint density at radius 1 is 1.25 bits per heavy atom. The third-order valence-corrected chi connectivity index (χ3v) is 5.15. The van der Waals surface area contributed by atoms with Crippen LogP contribution in [-0.4, -0.2) is 63.5 Å². The number of aromatic nitrogens is 2. The topological polar surface area (TPSA) is 84.8 Å². The largest absolute Gasteiger partial charge is 0.490 e. The summed E-state index contributed by atoms with van der Waals surface area (Å²) in [6.07, 6.45) is 0.986. The van der Waals surface area contributed by atoms with E-state index in [4.69, 9.17) is 19.4 Å². The van der Waals surface area contributed by atoms with Crippen molar-refractivity contribution in [3.05, 3.63) is 54.2 Å². The van der Waals surface area contributed by atoms with Gasteiger partial charge in [-0.05, 0) is 43.7 Å². The fraction of sp³-hybridized carbons (Fsp3) is 0.476. The number of carbonyl (C=O) groups is 1. The lowest BCUT2D eigenvalue weighted by molar-refractivity contribution is -0.192. The second-order valence-corrected chi connectivity index (χ2v) is 7.67. The fourth-order valence-electron chi connectivity index (χ4n) is 3.82. The smallest absolute Gasteiger partial charge is 0.475 e. The van der Waals surface area contributed by atoms with Gasteiger partial charge in [-0.25, -0.2) is 14.2 Å². The molecular formula is C21H23F4N3O4. The number of hydrogen-bond acceptors (Lipinski definition) is 6. The van der Waals surface area contributed by atoms with Gasteiger partial charge in [0.25, 0.3) is 5.88 Å². The molecule has 4 rings (SSSR count). The van der Waals surface area contributed by atoms with Crippen LogP contribution in [0, 0.1) is 5.82 Å². The molecule has 11 heteroatoms. The van der Waals surface area contributed by atoms with Crippen molar-refractivity contribution in [2.45, 2.75) is 43.7 Å². The molecular weight excluding hydrogens is 434 g/mol. The van der Waals surface area contributed by atoms with Crippen molar-refractivity contribution in [2.24, 2.45) is 0 Å². The van der Waals surface area contributed by atoms with E-state index in [1.54, 1.807) is 12.3 Å². The lowest BCUT2D eigenvalue weighted by Gasteiger charge is -2.39. The van der Waals surface area contributed by atoms with E-state index >= 15 is 0 Å². The highest BCUT2D eigenvalue weighted by molar-refractivity contribution is 5.73. The van der Waals surface area contributed by atoms with Crippen molar-refractivity contribution in [1.29, 1.82) is 0 Å². The molecule has 1 N–H and O–H groups in total. The van der Waals surface area contributed by atoms with Crippen LogP contribution >= 0.6 is 0 Å². The number of carboxylic acids is 1. The Bertz CT molecular complexity index is 900. The van der Waals surface area contributed by atoms with Gasteiger partial charge < -0.3 is 14.6 Å². The van der Waals surface area contributed by atoms with Crippen molar-refractivity contribution in [1.82, 2.24) is 14.9 Å². The summed E-state index contributed by atoms with van der Waals surface area (Å²) in [6.45, 7) is 3.20. The normalized spacial score (nSPS) is 23.4. The van der Waals surface area contributed by atoms with Gasteiger partial charge in [0.1, 0.15) is 6.10 Å². The van der Waals surface area contributed by atoms with Gasteiger partial charge >= 0.3 is 12.1 Å². The van der Waals surface area contributed by atoms with Gasteiger partial charge in [0, 0.05) is 31.9 Å². The van der Waals surface area contributed by atoms with E-state index in [2.05, 4.69) is 14.9 Å². The van der Waals surface area contributed by atoms with E-state index in [1.807, 2.05) is 24.4 Å². The third-order valence-electron chi connectivity index (χ3n) is 5.15. The Labute approximate surface area is 182 Å². The highest BCUT2D eigenvalue weighted by Crippen LogP contribution is 2.36. The number of rotatable bonds is 4. The maximum atomic E-state index is 13.7. The predicted octanol–water partition coefficient (Wildman–Crippen LogP) is 3.45. The number of pyridine rings is 2. The quantitative estimate of drug-likeness (QED) is 0.704. The lowest BCUT2D eigenvalue weighted by Crippen LogP contribution is -2.47. The summed E-state index contributed by atoms with van der Waals surface area (Å²) in [5.41, 5.74) is 0.865. The van der Waals surface area contributed by atoms with Crippen LogP contribution in [-0.2, 0) is 16.1 Å². The summed E-state index contributed by atoms with van der Waals surface area (Å²) >= 11 is 0. The number of ether oxygens (including phenoxy) is 2. The van der Waals surface area contributed by atoms with Gasteiger partial charge in [0.2, 0.25) is 0 Å². The Morgan fingerprint density at radius 2 is 2.00 bits per heavy atom. The molecule has 174 valence electrons. The highest BCUT2D eigenvalue weighted by atomic mass is 19.4. The van der Waals surface area contributed by atoms with E-state index in [0.29, 0.717) is 6.61 Å². The number of nitrogens with zero attached hydrogens (tertiary/aromatic N) is 3. The molecule has 32 heavy (non-hydrogen) atoms. The van der Waals surface area contributed by atoms with E-state index < -0.39 is 18.0 Å². The van der Waals surface area contributed by atoms with Gasteiger partial charge in [0.05, 0.1) is 17.9 Å². The summed E-state index contributed by atoms with van der Waals surface area (Å²) in [5.74, 6) is -3.12. The zero-order valence-corrected chi connectivity index (χ0v) is 17.1. The SMILES string of the molecule is Fc1cccnc1O[C@@H]1CO[C@@]2(CCCN(Cc3ccccn3)C2)C1.O=C(O)C(F)(F)F. The summed E-state index contributed by atoms with van der Waals surface area (Å²) in [5, 5.41) is 7.12. The van der Waals surface area contributed by atoms with E-state index in [9.17, 15) is 17.6 Å². The molecule has 0 aliphatic carbocycles. The molecule has 2 aromatic rings. The van der Waals surface area contributed by atoms with E-state index in [1.165, 1.54) is 6.07 Å². The fourth-order valence-corrected chi connectivity index (χ4v) is 3.82. The molecule has 0 radical (unpaired) electrons. The van der Waals surface area contributed by atoms with E-state index in [0.717, 1.165) is 44.6 Å². The number of piperidine rings is 1. The second-order valence-electron chi connectivity index (χ2n) is 7.67. The first kappa shape index (κ1) is 23.9. The first-order valence-electron chi connectivity index (χ1n) is 10.0. The molecule has 2 aliphatic heterocycles. The molecule has 4 heterocycles. The molecule has 0 amide bonds. The summed E-state index contributed by atoms with van der Waals surface area (Å²) in [6, 6.07) is 8.92. The Balaban J connectivity index is 0.000000360. The number of likely N-dealkylation sites (tertiary alicyclic amines) is 1. The van der Waals surface area contributed by atoms with Gasteiger partial charge in [-0.2, -0.15) is 13.2 Å². The van der Waals surface area contributed by atoms with Crippen LogP contribution in [0.5, 0.6) is 5.88 Å². The first-order valence-corrected chi connectivity index (χ1v) is 10.0. The minimum absolute atomic E-state index is 0.0642. The lowest BCUT2D eigenvalue weighted by atomic mass is 9.89. The van der Waals surface area contributed by atoms with Crippen molar-refractivity contribution >= 4 is 5.97 Å². The zero-order valence-electron chi connectivity index (χ0n) is 17.1. The molecule has 0 unspecified atom stereocenters. The van der Waals surface area contributed by atoms with Crippen LogP contribution in [0.25, 0.3) is 0 Å². The second kappa shape index (κ2) is 10.2. The molecule has 2 atom stereocenters. The van der Waals surface area contributed by atoms with Gasteiger partial charge in [-0.15, -0.1) is 0 Å². The van der Waals surface area contributed by atoms with Crippen molar-refractivity contribution in [2.75, 3.05) is 19.7 Å². The Hall–Kier alpha value is -2.79. The van der Waals surface area contributed by atoms with Crippen LogP contribution < -0.4 is 4.74 Å². The van der Waals surface area contributed by atoms with Gasteiger partial charge in [-0.1, -0.05) is 6.07 Å². The molecule has 2 fully saturated rings. The molecule has 0 bridgehead atoms. The van der Waals surface area contributed by atoms with Crippen molar-refractivity contribution < 1.29 is 36.9 Å². The van der Waals surface area contributed by atoms with Crippen LogP contribution in [0.15, 0.2) is 42.7 Å². The number of halogens is 4. The Morgan fingerprint density at radius 3 is 2.66 bits per heavy atom. The minimum Gasteiger partial charge on any atom is -0.475 e. The van der Waals surface area contributed by atoms with Crippen molar-refractivity contribution in [3.63, 3.8) is 0 Å². The number of hydrogen-bond donors (Lipinski definition) is 1. The Kier molecular flexibility index (Phi) is 7.62. The third kappa shape index (κ3) is 6.60. The maximum Gasteiger partial charge on any atom is 0.490 e. The molecule has 2 aromatic heterocycles. The average molecular weight is 457 g/mol. The zero-order chi connectivity index (χ0) is 23.2. The molecule has 0 aromatic carbocycles. The molecule has 2 aliphatic rings. The van der Waals surface area contributed by atoms with Gasteiger partial charge in [0.15, 0.2) is 5.82 Å². The molecule has 1 spiro atoms. The monoisotopic (exact) mass is 457 g/mol. The van der Waals surface area contributed by atoms with Crippen LogP contribution in [0.2, 0.25) is 0 Å². The average Bonchev–Trinajstić information content (AvgIpc) is 3.12. The maximum absolute atomic E-state index is 13.7. The van der Waals surface area contributed by atoms with Crippen LogP contribution in [0.1, 0.15) is 25.0 Å². The number of alkyl halides is 3. The standard InChI is InChI=1S/C19H22FN3O2.C2HF3O2/c20-17-6-3-9-22-18(17)25-16-11-19(24-13-16)7-4-10-23(14-19)12-15-5-1-2-8-21-15;3-2(4,5)1(6)7/h1-3,5-6,8-9,16H,4,7,10-14H2;(H,6,7)/t16-,19-;/m0./s1. The summed E-state index contributed by atoms with van der Waals surface area (Å²) in [7, 11) is 0. The minimum atomic E-state index is -5.08. The number of aliphatic carboxylic acids is 1. The molecule has 2 saturated heterocycles. The van der Waals surface area contributed by atoms with Crippen LogP contribution in [0.4, 0.5) is 17.6 Å². The first-order chi connectivity index (χ1) is 15.2.